The van der Waals surface area contributed by atoms with Crippen LogP contribution >= 0.6 is 23.2 Å². The molecule has 6 heteroatoms. The summed E-state index contributed by atoms with van der Waals surface area (Å²) in [4.78, 5) is 12.0. The van der Waals surface area contributed by atoms with Gasteiger partial charge in [0, 0.05) is 10.6 Å². The lowest BCUT2D eigenvalue weighted by Gasteiger charge is -2.13. The molecule has 1 N–H and O–H groups in total. The summed E-state index contributed by atoms with van der Waals surface area (Å²) in [6.45, 7) is 3.61. The van der Waals surface area contributed by atoms with Gasteiger partial charge in [-0.15, -0.1) is 0 Å². The van der Waals surface area contributed by atoms with Gasteiger partial charge >= 0.3 is 0 Å². The fourth-order valence-corrected chi connectivity index (χ4v) is 2.27. The van der Waals surface area contributed by atoms with Crippen molar-refractivity contribution in [3.63, 3.8) is 0 Å². The molecule has 0 heterocycles. The third-order valence-electron chi connectivity index (χ3n) is 3.01. The number of carbonyl (C=O) groups excluding carboxylic acids is 1. The first-order chi connectivity index (χ1) is 11.0. The fourth-order valence-electron chi connectivity index (χ4n) is 1.81. The van der Waals surface area contributed by atoms with Crippen LogP contribution in [-0.4, -0.2) is 18.2 Å². The van der Waals surface area contributed by atoms with Gasteiger partial charge in [0.1, 0.15) is 5.75 Å². The number of hydrogen-bond donors (Lipinski definition) is 1. The molecule has 0 saturated heterocycles. The lowest BCUT2D eigenvalue weighted by atomic mass is 10.2. The Bertz CT molecular complexity index is 732. The van der Waals surface area contributed by atoms with Gasteiger partial charge in [-0.25, -0.2) is 5.43 Å². The van der Waals surface area contributed by atoms with Crippen LogP contribution in [0.15, 0.2) is 47.6 Å². The van der Waals surface area contributed by atoms with Gasteiger partial charge in [0.25, 0.3) is 5.91 Å². The van der Waals surface area contributed by atoms with Crippen molar-refractivity contribution in [1.82, 2.24) is 5.43 Å². The molecule has 0 aliphatic rings. The lowest BCUT2D eigenvalue weighted by molar-refractivity contribution is -0.127. The zero-order valence-electron chi connectivity index (χ0n) is 12.7. The first-order valence-corrected chi connectivity index (χ1v) is 7.72. The molecule has 0 aliphatic carbocycles. The van der Waals surface area contributed by atoms with Crippen molar-refractivity contribution in [2.24, 2.45) is 5.10 Å². The summed E-state index contributed by atoms with van der Waals surface area (Å²) in [7, 11) is 0. The monoisotopic (exact) mass is 350 g/mol. The van der Waals surface area contributed by atoms with Gasteiger partial charge < -0.3 is 4.74 Å². The van der Waals surface area contributed by atoms with Crippen LogP contribution in [0, 0.1) is 6.92 Å². The molecule has 0 fully saturated rings. The number of carbonyl (C=O) groups is 1. The minimum atomic E-state index is -0.672. The topological polar surface area (TPSA) is 50.7 Å². The molecule has 1 amide bonds. The van der Waals surface area contributed by atoms with Crippen LogP contribution in [0.1, 0.15) is 18.1 Å². The maximum Gasteiger partial charge on any atom is 0.280 e. The SMILES string of the molecule is Cc1cccc(OC(C)C(=O)NN=Cc2ccc(Cl)cc2Cl)c1. The van der Waals surface area contributed by atoms with E-state index in [1.807, 2.05) is 25.1 Å². The zero-order valence-corrected chi connectivity index (χ0v) is 14.2. The first-order valence-electron chi connectivity index (χ1n) is 6.97. The Kier molecular flexibility index (Phi) is 6.02. The molecule has 2 aromatic carbocycles. The molecular weight excluding hydrogens is 335 g/mol. The molecule has 0 aliphatic heterocycles. The quantitative estimate of drug-likeness (QED) is 0.648. The van der Waals surface area contributed by atoms with Gasteiger partial charge in [-0.1, -0.05) is 41.4 Å². The molecule has 2 aromatic rings. The van der Waals surface area contributed by atoms with Crippen molar-refractivity contribution in [2.45, 2.75) is 20.0 Å². The van der Waals surface area contributed by atoms with Crippen LogP contribution in [0.25, 0.3) is 0 Å². The van der Waals surface area contributed by atoms with E-state index >= 15 is 0 Å². The maximum atomic E-state index is 12.0. The molecule has 1 unspecified atom stereocenters. The number of ether oxygens (including phenoxy) is 1. The highest BCUT2D eigenvalue weighted by atomic mass is 35.5. The molecule has 120 valence electrons. The lowest BCUT2D eigenvalue weighted by Crippen LogP contribution is -2.33. The van der Waals surface area contributed by atoms with Gasteiger partial charge in [0.2, 0.25) is 0 Å². The average Bonchev–Trinajstić information content (AvgIpc) is 2.49. The minimum absolute atomic E-state index is 0.354. The molecule has 0 spiro atoms. The van der Waals surface area contributed by atoms with Crippen LogP contribution in [0.2, 0.25) is 10.0 Å². The van der Waals surface area contributed by atoms with Crippen molar-refractivity contribution in [3.8, 4) is 5.75 Å². The molecule has 0 bridgehead atoms. The summed E-state index contributed by atoms with van der Waals surface area (Å²) in [5.41, 5.74) is 4.14. The summed E-state index contributed by atoms with van der Waals surface area (Å²) in [6.07, 6.45) is 0.783. The normalized spacial score (nSPS) is 12.2. The highest BCUT2D eigenvalue weighted by Gasteiger charge is 2.13. The smallest absolute Gasteiger partial charge is 0.280 e. The summed E-state index contributed by atoms with van der Waals surface area (Å²) in [5.74, 6) is 0.283. The Hall–Kier alpha value is -2.04. The fraction of sp³-hybridized carbons (Fsp3) is 0.176. The van der Waals surface area contributed by atoms with Gasteiger partial charge in [0.05, 0.1) is 11.2 Å². The largest absolute Gasteiger partial charge is 0.481 e. The van der Waals surface area contributed by atoms with E-state index in [2.05, 4.69) is 10.5 Å². The Labute approximate surface area is 145 Å². The second kappa shape index (κ2) is 7.99. The molecule has 0 aromatic heterocycles. The van der Waals surface area contributed by atoms with Crippen molar-refractivity contribution >= 4 is 35.3 Å². The Morgan fingerprint density at radius 2 is 2.04 bits per heavy atom. The molecule has 0 saturated carbocycles. The number of amides is 1. The number of benzene rings is 2. The maximum absolute atomic E-state index is 12.0. The summed E-state index contributed by atoms with van der Waals surface area (Å²) < 4.78 is 5.57. The number of halogens is 2. The van der Waals surface area contributed by atoms with Crippen molar-refractivity contribution < 1.29 is 9.53 Å². The van der Waals surface area contributed by atoms with E-state index in [1.54, 1.807) is 31.2 Å². The van der Waals surface area contributed by atoms with E-state index in [1.165, 1.54) is 6.21 Å². The number of nitrogens with zero attached hydrogens (tertiary/aromatic N) is 1. The predicted octanol–water partition coefficient (Wildman–Crippen LogP) is 4.22. The number of hydrazone groups is 1. The van der Waals surface area contributed by atoms with Gasteiger partial charge in [-0.3, -0.25) is 4.79 Å². The van der Waals surface area contributed by atoms with Crippen molar-refractivity contribution in [2.75, 3.05) is 0 Å². The van der Waals surface area contributed by atoms with Gasteiger partial charge in [-0.2, -0.15) is 5.10 Å². The highest BCUT2D eigenvalue weighted by Crippen LogP contribution is 2.19. The number of rotatable bonds is 5. The zero-order chi connectivity index (χ0) is 16.8. The van der Waals surface area contributed by atoms with E-state index in [-0.39, 0.29) is 5.91 Å². The van der Waals surface area contributed by atoms with Crippen LogP contribution < -0.4 is 10.2 Å². The third-order valence-corrected chi connectivity index (χ3v) is 3.57. The predicted molar refractivity (Wildman–Crippen MR) is 93.5 cm³/mol. The molecule has 23 heavy (non-hydrogen) atoms. The Morgan fingerprint density at radius 1 is 1.26 bits per heavy atom. The Morgan fingerprint density at radius 3 is 2.74 bits per heavy atom. The van der Waals surface area contributed by atoms with Crippen LogP contribution in [0.5, 0.6) is 5.75 Å². The second-order valence-corrected chi connectivity index (χ2v) is 5.82. The molecule has 2 rings (SSSR count). The van der Waals surface area contributed by atoms with Crippen LogP contribution in [0.4, 0.5) is 0 Å². The molecule has 1 atom stereocenters. The minimum Gasteiger partial charge on any atom is -0.481 e. The highest BCUT2D eigenvalue weighted by molar-refractivity contribution is 6.36. The number of hydrogen-bond acceptors (Lipinski definition) is 3. The molecular formula is C17H16Cl2N2O2. The van der Waals surface area contributed by atoms with Crippen molar-refractivity contribution in [1.29, 1.82) is 0 Å². The van der Waals surface area contributed by atoms with E-state index in [9.17, 15) is 4.79 Å². The van der Waals surface area contributed by atoms with Crippen LogP contribution in [-0.2, 0) is 4.79 Å². The summed E-state index contributed by atoms with van der Waals surface area (Å²) in [5, 5.41) is 4.88. The molecule has 4 nitrogen and oxygen atoms in total. The number of nitrogens with one attached hydrogen (secondary N) is 1. The van der Waals surface area contributed by atoms with E-state index in [4.69, 9.17) is 27.9 Å². The van der Waals surface area contributed by atoms with E-state index in [0.29, 0.717) is 21.4 Å². The average molecular weight is 351 g/mol. The molecule has 0 radical (unpaired) electrons. The summed E-state index contributed by atoms with van der Waals surface area (Å²) >= 11 is 11.8. The second-order valence-electron chi connectivity index (χ2n) is 4.98. The standard InChI is InChI=1S/C17H16Cl2N2O2/c1-11-4-3-5-15(8-11)23-12(2)17(22)21-20-10-13-6-7-14(18)9-16(13)19/h3-10,12H,1-2H3,(H,21,22). The van der Waals surface area contributed by atoms with Crippen LogP contribution in [0.3, 0.4) is 0 Å². The third kappa shape index (κ3) is 5.27. The van der Waals surface area contributed by atoms with Gasteiger partial charge in [0.15, 0.2) is 6.10 Å². The van der Waals surface area contributed by atoms with E-state index < -0.39 is 6.10 Å². The van der Waals surface area contributed by atoms with E-state index in [0.717, 1.165) is 5.56 Å². The van der Waals surface area contributed by atoms with Crippen molar-refractivity contribution in [3.05, 3.63) is 63.6 Å². The summed E-state index contributed by atoms with van der Waals surface area (Å²) in [6, 6.07) is 12.5. The Balaban J connectivity index is 1.92. The number of aryl methyl sites for hydroxylation is 1. The first kappa shape index (κ1) is 17.3. The van der Waals surface area contributed by atoms with Gasteiger partial charge in [-0.05, 0) is 43.7 Å².